The molecule has 1 fully saturated rings. The quantitative estimate of drug-likeness (QED) is 0.516. The summed E-state index contributed by atoms with van der Waals surface area (Å²) in [5.41, 5.74) is 0. The molecule has 1 saturated carbocycles. The molecule has 0 aromatic carbocycles. The molecule has 10 heavy (non-hydrogen) atoms. The zero-order valence-corrected chi connectivity index (χ0v) is 8.43. The molecule has 1 aliphatic carbocycles. The summed E-state index contributed by atoms with van der Waals surface area (Å²) in [6.45, 7) is 0. The maximum Gasteiger partial charge on any atom is 0.294 e. The average Bonchev–Trinajstić information content (AvgIpc) is 2.05. The van der Waals surface area contributed by atoms with E-state index in [-0.39, 0.29) is 11.9 Å². The predicted molar refractivity (Wildman–Crippen MR) is 42.6 cm³/mol. The van der Waals surface area contributed by atoms with Crippen LogP contribution >= 0.6 is 0 Å². The van der Waals surface area contributed by atoms with Gasteiger partial charge in [-0.2, -0.15) is 0 Å². The van der Waals surface area contributed by atoms with Gasteiger partial charge < -0.3 is 4.43 Å². The molecule has 0 amide bonds. The van der Waals surface area contributed by atoms with Crippen LogP contribution < -0.4 is 0 Å². The van der Waals surface area contributed by atoms with Crippen LogP contribution in [-0.2, 0) is 9.22 Å². The Balaban J connectivity index is 2.31. The smallest absolute Gasteiger partial charge is 0.294 e. The van der Waals surface area contributed by atoms with Crippen molar-refractivity contribution in [2.75, 3.05) is 0 Å². The second-order valence-corrected chi connectivity index (χ2v) is 3.27. The molecule has 1 rings (SSSR count). The van der Waals surface area contributed by atoms with Gasteiger partial charge in [0.1, 0.15) is 0 Å². The van der Waals surface area contributed by atoms with E-state index in [4.69, 9.17) is 4.43 Å². The summed E-state index contributed by atoms with van der Waals surface area (Å²) >= 11 is 0. The van der Waals surface area contributed by atoms with E-state index in [1.807, 2.05) is 0 Å². The zero-order valence-electron chi connectivity index (χ0n) is 6.43. The molecule has 0 N–H and O–H groups in total. The van der Waals surface area contributed by atoms with Crippen LogP contribution in [0.4, 0.5) is 0 Å². The number of hydrogen-bond donors (Lipinski definition) is 0. The van der Waals surface area contributed by atoms with E-state index in [9.17, 15) is 4.79 Å². The highest BCUT2D eigenvalue weighted by molar-refractivity contribution is 6.05. The van der Waals surface area contributed by atoms with Crippen LogP contribution in [-0.4, -0.2) is 16.5 Å². The summed E-state index contributed by atoms with van der Waals surface area (Å²) in [5, 5.41) is 0. The van der Waals surface area contributed by atoms with E-state index in [1.54, 1.807) is 0 Å². The Morgan fingerprint density at radius 3 is 2.40 bits per heavy atom. The molecular weight excluding hydrogens is 144 g/mol. The second kappa shape index (κ2) is 3.76. The normalized spacial score (nSPS) is 20.8. The molecule has 0 unspecified atom stereocenters. The number of carbonyl (C=O) groups excluding carboxylic acids is 1. The van der Waals surface area contributed by atoms with Crippen LogP contribution in [0.2, 0.25) is 0 Å². The predicted octanol–water partition coefficient (Wildman–Crippen LogP) is 0.390. The molecule has 0 bridgehead atoms. The van der Waals surface area contributed by atoms with E-state index < -0.39 is 0 Å². The van der Waals surface area contributed by atoms with Gasteiger partial charge in [0.15, 0.2) is 0 Å². The number of rotatable bonds is 1. The summed E-state index contributed by atoms with van der Waals surface area (Å²) < 4.78 is 4.79. The molecule has 0 aliphatic heterocycles. The summed E-state index contributed by atoms with van der Waals surface area (Å²) in [4.78, 5) is 11.0. The molecule has 0 spiro atoms. The van der Waals surface area contributed by atoms with Crippen molar-refractivity contribution in [1.82, 2.24) is 0 Å². The molecule has 2 nitrogen and oxygen atoms in total. The Morgan fingerprint density at radius 1 is 1.30 bits per heavy atom. The van der Waals surface area contributed by atoms with Gasteiger partial charge >= 0.3 is 0 Å². The molecule has 0 aromatic rings. The van der Waals surface area contributed by atoms with E-state index in [1.165, 1.54) is 19.3 Å². The van der Waals surface area contributed by atoms with Crippen molar-refractivity contribution < 1.29 is 9.22 Å². The lowest BCUT2D eigenvalue weighted by Gasteiger charge is -2.18. The van der Waals surface area contributed by atoms with Crippen LogP contribution in [0.25, 0.3) is 0 Å². The van der Waals surface area contributed by atoms with Gasteiger partial charge in [-0.15, -0.1) is 0 Å². The first kappa shape index (κ1) is 7.79. The third kappa shape index (κ3) is 1.83. The SMILES string of the molecule is O=C(O[SiH3])C1CCCCC1. The van der Waals surface area contributed by atoms with Crippen molar-refractivity contribution >= 4 is 16.5 Å². The first-order chi connectivity index (χ1) is 4.84. The number of hydrogen-bond acceptors (Lipinski definition) is 2. The highest BCUT2D eigenvalue weighted by Crippen LogP contribution is 2.24. The Morgan fingerprint density at radius 2 is 1.90 bits per heavy atom. The number of carbonyl (C=O) groups is 1. The summed E-state index contributed by atoms with van der Waals surface area (Å²) in [6, 6.07) is 0. The van der Waals surface area contributed by atoms with Crippen molar-refractivity contribution in [2.45, 2.75) is 32.1 Å². The molecule has 1 aliphatic rings. The first-order valence-corrected chi connectivity index (χ1v) is 4.74. The molecular formula is C7H14O2Si. The molecule has 0 radical (unpaired) electrons. The largest absolute Gasteiger partial charge is 0.529 e. The second-order valence-electron chi connectivity index (χ2n) is 2.86. The van der Waals surface area contributed by atoms with Crippen molar-refractivity contribution in [3.05, 3.63) is 0 Å². The molecule has 0 atom stereocenters. The third-order valence-electron chi connectivity index (χ3n) is 2.14. The Kier molecular flexibility index (Phi) is 2.93. The van der Waals surface area contributed by atoms with Crippen molar-refractivity contribution in [1.29, 1.82) is 0 Å². The Hall–Kier alpha value is -0.313. The molecule has 0 heterocycles. The van der Waals surface area contributed by atoms with Crippen molar-refractivity contribution in [3.8, 4) is 0 Å². The van der Waals surface area contributed by atoms with Gasteiger partial charge in [0.05, 0.1) is 5.92 Å². The maximum atomic E-state index is 11.0. The molecule has 58 valence electrons. The zero-order chi connectivity index (χ0) is 7.40. The lowest BCUT2D eigenvalue weighted by molar-refractivity contribution is -0.139. The summed E-state index contributed by atoms with van der Waals surface area (Å²) in [6.07, 6.45) is 5.83. The van der Waals surface area contributed by atoms with Crippen molar-refractivity contribution in [3.63, 3.8) is 0 Å². The Bertz CT molecular complexity index is 119. The van der Waals surface area contributed by atoms with Crippen molar-refractivity contribution in [2.24, 2.45) is 5.92 Å². The lowest BCUT2D eigenvalue weighted by Crippen LogP contribution is -2.19. The highest BCUT2D eigenvalue weighted by Gasteiger charge is 2.20. The van der Waals surface area contributed by atoms with Gasteiger partial charge in [-0.25, -0.2) is 0 Å². The van der Waals surface area contributed by atoms with E-state index in [0.29, 0.717) is 10.5 Å². The molecule has 0 aromatic heterocycles. The van der Waals surface area contributed by atoms with Crippen LogP contribution in [0.5, 0.6) is 0 Å². The van der Waals surface area contributed by atoms with Crippen LogP contribution in [0.3, 0.4) is 0 Å². The van der Waals surface area contributed by atoms with Crippen LogP contribution in [0.1, 0.15) is 32.1 Å². The Labute approximate surface area is 64.5 Å². The van der Waals surface area contributed by atoms with Gasteiger partial charge in [0.2, 0.25) is 10.5 Å². The topological polar surface area (TPSA) is 26.3 Å². The fourth-order valence-corrected chi connectivity index (χ4v) is 1.84. The van der Waals surface area contributed by atoms with Gasteiger partial charge in [-0.1, -0.05) is 19.3 Å². The fraction of sp³-hybridized carbons (Fsp3) is 0.857. The van der Waals surface area contributed by atoms with Crippen LogP contribution in [0, 0.1) is 5.92 Å². The minimum absolute atomic E-state index is 0.0476. The van der Waals surface area contributed by atoms with Crippen LogP contribution in [0.15, 0.2) is 0 Å². The monoisotopic (exact) mass is 158 g/mol. The average molecular weight is 158 g/mol. The standard InChI is InChI=1S/C7H14O2Si/c8-7(9-10)6-4-2-1-3-5-6/h6H,1-5H2,10H3. The van der Waals surface area contributed by atoms with Gasteiger partial charge in [-0.05, 0) is 12.8 Å². The van der Waals surface area contributed by atoms with Gasteiger partial charge in [-0.3, -0.25) is 4.79 Å². The summed E-state index contributed by atoms with van der Waals surface area (Å²) in [5.74, 6) is 0.289. The minimum atomic E-state index is 0.0476. The lowest BCUT2D eigenvalue weighted by atomic mass is 9.90. The van der Waals surface area contributed by atoms with Gasteiger partial charge in [0.25, 0.3) is 5.97 Å². The van der Waals surface area contributed by atoms with E-state index >= 15 is 0 Å². The third-order valence-corrected chi connectivity index (χ3v) is 2.54. The minimum Gasteiger partial charge on any atom is -0.529 e. The molecule has 0 saturated heterocycles. The van der Waals surface area contributed by atoms with E-state index in [0.717, 1.165) is 12.8 Å². The maximum absolute atomic E-state index is 11.0. The van der Waals surface area contributed by atoms with E-state index in [2.05, 4.69) is 0 Å². The fourth-order valence-electron chi connectivity index (χ4n) is 1.50. The highest BCUT2D eigenvalue weighted by atomic mass is 28.2. The van der Waals surface area contributed by atoms with Gasteiger partial charge in [0, 0.05) is 0 Å². The summed E-state index contributed by atoms with van der Waals surface area (Å²) in [7, 11) is 0.557. The molecule has 3 heteroatoms. The first-order valence-electron chi connectivity index (χ1n) is 3.92.